The number of nitrogens with zero attached hydrogens (tertiary/aromatic N) is 5. The van der Waals surface area contributed by atoms with Gasteiger partial charge in [0.25, 0.3) is 0 Å². The number of hydrogen-bond donors (Lipinski definition) is 1. The molecular weight excluding hydrogens is 477 g/mol. The minimum atomic E-state index is -4.77. The topological polar surface area (TPSA) is 116 Å². The Morgan fingerprint density at radius 1 is 1.00 bits per heavy atom. The van der Waals surface area contributed by atoms with E-state index in [1.165, 1.54) is 18.3 Å². The molecule has 4 aromatic heterocycles. The van der Waals surface area contributed by atoms with E-state index in [9.17, 15) is 18.0 Å². The molecular formula is C24H15F3N6O3. The summed E-state index contributed by atoms with van der Waals surface area (Å²) in [6, 6.07) is 13.5. The molecule has 0 radical (unpaired) electrons. The SMILES string of the molecule is O=C(Nc1ccc(-c2noc(C(F)(F)F)n2)c2ncccc12)OCc1ccc(-c2cccnc2)nc1. The van der Waals surface area contributed by atoms with Crippen LogP contribution in [0.15, 0.2) is 77.8 Å². The molecule has 0 spiro atoms. The summed E-state index contributed by atoms with van der Waals surface area (Å²) in [4.78, 5) is 28.5. The molecule has 0 atom stereocenters. The van der Waals surface area contributed by atoms with Gasteiger partial charge in [0.05, 0.1) is 16.9 Å². The zero-order valence-corrected chi connectivity index (χ0v) is 18.2. The maximum Gasteiger partial charge on any atom is 0.471 e. The fourth-order valence-electron chi connectivity index (χ4n) is 3.40. The number of halogens is 3. The van der Waals surface area contributed by atoms with Crippen LogP contribution in [0.2, 0.25) is 0 Å². The highest BCUT2D eigenvalue weighted by Crippen LogP contribution is 2.33. The van der Waals surface area contributed by atoms with Crippen molar-refractivity contribution in [2.75, 3.05) is 5.32 Å². The van der Waals surface area contributed by atoms with Crippen LogP contribution in [0.3, 0.4) is 0 Å². The highest BCUT2D eigenvalue weighted by atomic mass is 19.4. The van der Waals surface area contributed by atoms with Gasteiger partial charge in [0.1, 0.15) is 6.61 Å². The van der Waals surface area contributed by atoms with Gasteiger partial charge in [0.2, 0.25) is 5.82 Å². The second-order valence-corrected chi connectivity index (χ2v) is 7.48. The van der Waals surface area contributed by atoms with Crippen molar-refractivity contribution in [2.24, 2.45) is 0 Å². The molecule has 0 saturated heterocycles. The molecule has 0 unspecified atom stereocenters. The van der Waals surface area contributed by atoms with Crippen molar-refractivity contribution < 1.29 is 27.2 Å². The number of alkyl halides is 3. The summed E-state index contributed by atoms with van der Waals surface area (Å²) in [7, 11) is 0. The van der Waals surface area contributed by atoms with E-state index in [0.717, 1.165) is 11.3 Å². The molecule has 4 heterocycles. The summed E-state index contributed by atoms with van der Waals surface area (Å²) >= 11 is 0. The average Bonchev–Trinajstić information content (AvgIpc) is 3.39. The first kappa shape index (κ1) is 22.9. The molecule has 5 aromatic rings. The molecule has 1 N–H and O–H groups in total. The maximum absolute atomic E-state index is 12.9. The molecule has 0 aliphatic heterocycles. The maximum atomic E-state index is 12.9. The van der Waals surface area contributed by atoms with Crippen LogP contribution in [0.1, 0.15) is 11.5 Å². The third kappa shape index (κ3) is 4.82. The van der Waals surface area contributed by atoms with Crippen LogP contribution < -0.4 is 5.32 Å². The second kappa shape index (κ2) is 9.41. The monoisotopic (exact) mass is 492 g/mol. The lowest BCUT2D eigenvalue weighted by Crippen LogP contribution is -2.14. The van der Waals surface area contributed by atoms with E-state index in [4.69, 9.17) is 4.74 Å². The zero-order valence-electron chi connectivity index (χ0n) is 18.2. The molecule has 0 saturated carbocycles. The number of hydrogen-bond acceptors (Lipinski definition) is 8. The molecule has 0 fully saturated rings. The highest BCUT2D eigenvalue weighted by Gasteiger charge is 2.38. The smallest absolute Gasteiger partial charge is 0.444 e. The Bertz CT molecular complexity index is 1520. The van der Waals surface area contributed by atoms with Gasteiger partial charge in [-0.3, -0.25) is 20.3 Å². The normalized spacial score (nSPS) is 11.4. The molecule has 12 heteroatoms. The van der Waals surface area contributed by atoms with E-state index in [1.807, 2.05) is 12.1 Å². The van der Waals surface area contributed by atoms with Crippen LogP contribution in [-0.4, -0.2) is 31.2 Å². The number of nitrogens with one attached hydrogen (secondary N) is 1. The van der Waals surface area contributed by atoms with Crippen molar-refractivity contribution in [2.45, 2.75) is 12.8 Å². The van der Waals surface area contributed by atoms with Crippen LogP contribution in [0.4, 0.5) is 23.7 Å². The number of pyridine rings is 3. The fraction of sp³-hybridized carbons (Fsp3) is 0.0833. The lowest BCUT2D eigenvalue weighted by molar-refractivity contribution is -0.159. The first-order valence-corrected chi connectivity index (χ1v) is 10.5. The Morgan fingerprint density at radius 3 is 2.58 bits per heavy atom. The number of fused-ring (bicyclic) bond motifs is 1. The number of benzene rings is 1. The molecule has 36 heavy (non-hydrogen) atoms. The minimum Gasteiger partial charge on any atom is -0.444 e. The van der Waals surface area contributed by atoms with Crippen LogP contribution >= 0.6 is 0 Å². The van der Waals surface area contributed by atoms with Gasteiger partial charge in [0, 0.05) is 46.9 Å². The third-order valence-electron chi connectivity index (χ3n) is 5.07. The van der Waals surface area contributed by atoms with Gasteiger partial charge in [-0.25, -0.2) is 4.79 Å². The lowest BCUT2D eigenvalue weighted by atomic mass is 10.1. The van der Waals surface area contributed by atoms with Gasteiger partial charge < -0.3 is 9.26 Å². The van der Waals surface area contributed by atoms with Crippen molar-refractivity contribution in [1.29, 1.82) is 0 Å². The molecule has 1 amide bonds. The van der Waals surface area contributed by atoms with E-state index < -0.39 is 18.2 Å². The van der Waals surface area contributed by atoms with Crippen molar-refractivity contribution in [3.63, 3.8) is 0 Å². The van der Waals surface area contributed by atoms with Gasteiger partial charge >= 0.3 is 18.2 Å². The number of rotatable bonds is 5. The minimum absolute atomic E-state index is 0.0243. The Balaban J connectivity index is 1.30. The van der Waals surface area contributed by atoms with Crippen LogP contribution in [-0.2, 0) is 17.5 Å². The molecule has 0 bridgehead atoms. The molecule has 5 rings (SSSR count). The van der Waals surface area contributed by atoms with Crippen molar-refractivity contribution in [3.8, 4) is 22.6 Å². The van der Waals surface area contributed by atoms with E-state index in [0.29, 0.717) is 16.6 Å². The van der Waals surface area contributed by atoms with Gasteiger partial charge in [-0.05, 0) is 42.5 Å². The Hall–Kier alpha value is -4.87. The molecule has 0 aliphatic rings. The van der Waals surface area contributed by atoms with Gasteiger partial charge in [-0.15, -0.1) is 0 Å². The number of ether oxygens (including phenoxy) is 1. The molecule has 0 aliphatic carbocycles. The first-order valence-electron chi connectivity index (χ1n) is 10.5. The summed E-state index contributed by atoms with van der Waals surface area (Å²) in [5, 5.41) is 6.49. The second-order valence-electron chi connectivity index (χ2n) is 7.48. The predicted octanol–water partition coefficient (Wildman–Crippen LogP) is 5.51. The summed E-state index contributed by atoms with van der Waals surface area (Å²) in [5.74, 6) is -1.74. The average molecular weight is 492 g/mol. The number of carbonyl (C=O) groups is 1. The zero-order chi connectivity index (χ0) is 25.1. The Labute approximate surface area is 201 Å². The van der Waals surface area contributed by atoms with E-state index >= 15 is 0 Å². The standard InChI is InChI=1S/C24H15F3N6O3/c25-24(26,27)22-32-21(33-36-22)17-6-8-19(16-4-2-10-29-20(16)17)31-23(34)35-13-14-5-7-18(30-11-14)15-3-1-9-28-12-15/h1-12H,13H2,(H,31,34). The van der Waals surface area contributed by atoms with Crippen LogP contribution in [0.5, 0.6) is 0 Å². The third-order valence-corrected chi connectivity index (χ3v) is 5.07. The van der Waals surface area contributed by atoms with E-state index in [-0.39, 0.29) is 23.5 Å². The molecule has 9 nitrogen and oxygen atoms in total. The Morgan fingerprint density at radius 2 is 1.86 bits per heavy atom. The fourth-order valence-corrected chi connectivity index (χ4v) is 3.40. The largest absolute Gasteiger partial charge is 0.471 e. The number of carbonyl (C=O) groups excluding carboxylic acids is 1. The number of aromatic nitrogens is 5. The van der Waals surface area contributed by atoms with E-state index in [1.54, 1.807) is 42.9 Å². The van der Waals surface area contributed by atoms with Gasteiger partial charge in [-0.2, -0.15) is 18.2 Å². The number of anilines is 1. The number of amides is 1. The highest BCUT2D eigenvalue weighted by molar-refractivity contribution is 6.03. The molecule has 180 valence electrons. The Kier molecular flexibility index (Phi) is 5.98. The van der Waals surface area contributed by atoms with Crippen molar-refractivity contribution in [1.82, 2.24) is 25.1 Å². The summed E-state index contributed by atoms with van der Waals surface area (Å²) < 4.78 is 48.2. The summed E-state index contributed by atoms with van der Waals surface area (Å²) in [5.41, 5.74) is 3.11. The van der Waals surface area contributed by atoms with Gasteiger partial charge in [0.15, 0.2) is 0 Å². The summed E-state index contributed by atoms with van der Waals surface area (Å²) in [6.45, 7) is -0.0243. The quantitative estimate of drug-likeness (QED) is 0.342. The van der Waals surface area contributed by atoms with Crippen molar-refractivity contribution >= 4 is 22.7 Å². The molecule has 1 aromatic carbocycles. The van der Waals surface area contributed by atoms with Crippen molar-refractivity contribution in [3.05, 3.63) is 84.8 Å². The van der Waals surface area contributed by atoms with Crippen LogP contribution in [0.25, 0.3) is 33.5 Å². The van der Waals surface area contributed by atoms with E-state index in [2.05, 4.69) is 34.9 Å². The predicted molar refractivity (Wildman–Crippen MR) is 121 cm³/mol. The van der Waals surface area contributed by atoms with Gasteiger partial charge in [-0.1, -0.05) is 11.2 Å². The summed E-state index contributed by atoms with van der Waals surface area (Å²) in [6.07, 6.45) is 0.929. The van der Waals surface area contributed by atoms with Crippen LogP contribution in [0, 0.1) is 0 Å². The lowest BCUT2D eigenvalue weighted by Gasteiger charge is -2.11. The first-order chi connectivity index (χ1) is 17.4.